The number of thiophene rings is 1. The highest BCUT2D eigenvalue weighted by Crippen LogP contribution is 2.48. The van der Waals surface area contributed by atoms with Gasteiger partial charge in [-0.25, -0.2) is 0 Å². The van der Waals surface area contributed by atoms with Gasteiger partial charge in [-0.05, 0) is 186 Å². The van der Waals surface area contributed by atoms with Crippen LogP contribution in [0.5, 0.6) is 0 Å². The van der Waals surface area contributed by atoms with E-state index in [-0.39, 0.29) is 0 Å². The van der Waals surface area contributed by atoms with E-state index >= 15 is 0 Å². The van der Waals surface area contributed by atoms with Crippen LogP contribution in [-0.4, -0.2) is 4.57 Å². The van der Waals surface area contributed by atoms with Gasteiger partial charge in [0.1, 0.15) is 22.3 Å². The van der Waals surface area contributed by atoms with Gasteiger partial charge in [-0.1, -0.05) is 206 Å². The number of anilines is 3. The highest BCUT2D eigenvalue weighted by atomic mass is 32.1. The molecule has 95 heavy (non-hydrogen) atoms. The zero-order valence-corrected chi connectivity index (χ0v) is 52.1. The first-order valence-electron chi connectivity index (χ1n) is 32.4. The number of para-hydroxylation sites is 2. The van der Waals surface area contributed by atoms with Crippen LogP contribution in [0.4, 0.5) is 17.1 Å². The average molecular weight is 1230 g/mol. The Morgan fingerprint density at radius 1 is 0.263 bits per heavy atom. The van der Waals surface area contributed by atoms with E-state index in [4.69, 9.17) is 8.83 Å². The molecule has 0 saturated carbocycles. The second kappa shape index (κ2) is 21.1. The van der Waals surface area contributed by atoms with Crippen LogP contribution in [0.3, 0.4) is 0 Å². The largest absolute Gasteiger partial charge is 0.456 e. The molecule has 0 saturated heterocycles. The van der Waals surface area contributed by atoms with Crippen molar-refractivity contribution in [3.05, 3.63) is 328 Å². The van der Waals surface area contributed by atoms with E-state index in [1.165, 1.54) is 91.4 Å². The molecule has 0 fully saturated rings. The summed E-state index contributed by atoms with van der Waals surface area (Å²) in [5, 5.41) is 16.4. The fourth-order valence-corrected chi connectivity index (χ4v) is 16.4. The summed E-state index contributed by atoms with van der Waals surface area (Å²) >= 11 is 1.86. The minimum atomic E-state index is 0.807. The molecule has 4 heterocycles. The van der Waals surface area contributed by atoms with Gasteiger partial charge in [0.25, 0.3) is 0 Å². The third kappa shape index (κ3) is 8.60. The Balaban J connectivity index is 0.701. The molecule has 0 bridgehead atoms. The van der Waals surface area contributed by atoms with Crippen LogP contribution >= 0.6 is 11.3 Å². The third-order valence-electron chi connectivity index (χ3n) is 19.7. The number of hydrogen-bond acceptors (Lipinski definition) is 4. The maximum atomic E-state index is 7.11. The molecule has 4 aromatic heterocycles. The number of nitrogens with zero attached hydrogens (tertiary/aromatic N) is 2. The molecule has 0 radical (unpaired) electrons. The molecular weight excluding hydrogens is 1170 g/mol. The standard InChI is InChI=1S/C90H54N2O2S/c1-3-16-55(17-4-1)58-21-13-22-63(47-58)70-28-15-31-88-89(70)80-50-62(37-45-87(80)95-88)61-36-44-83-79(49-61)76-42-39-68(54-86(76)93-83)91(82-51-64-20-9-10-25-69(64)72-26-11-12-27-73(72)82)67-38-41-75-74-40-34-65(52-84(74)94-85(75)53-67)71-29-14-30-77-78-48-60(59-33-32-56-18-7-8-19-57(56)46-59)35-43-81(78)92(90(71)77)66-23-5-2-6-24-66/h1-54H. The number of rotatable bonds is 9. The van der Waals surface area contributed by atoms with Crippen LogP contribution in [0, 0.1) is 0 Å². The molecule has 16 aromatic carbocycles. The van der Waals surface area contributed by atoms with Crippen LogP contribution in [-0.2, 0) is 0 Å². The molecule has 0 atom stereocenters. The molecule has 0 aliphatic rings. The minimum Gasteiger partial charge on any atom is -0.456 e. The summed E-state index contributed by atoms with van der Waals surface area (Å²) in [6.45, 7) is 0. The van der Waals surface area contributed by atoms with Crippen molar-refractivity contribution < 1.29 is 8.83 Å². The molecule has 0 unspecified atom stereocenters. The Morgan fingerprint density at radius 2 is 0.811 bits per heavy atom. The summed E-state index contributed by atoms with van der Waals surface area (Å²) in [7, 11) is 0. The number of hydrogen-bond donors (Lipinski definition) is 0. The molecule has 0 aliphatic heterocycles. The minimum absolute atomic E-state index is 0.807. The molecule has 442 valence electrons. The second-order valence-electron chi connectivity index (χ2n) is 25.1. The van der Waals surface area contributed by atoms with Crippen molar-refractivity contribution in [1.29, 1.82) is 0 Å². The van der Waals surface area contributed by atoms with Crippen molar-refractivity contribution >= 4 is 147 Å². The lowest BCUT2D eigenvalue weighted by Crippen LogP contribution is -2.10. The summed E-state index contributed by atoms with van der Waals surface area (Å²) < 4.78 is 19.0. The van der Waals surface area contributed by atoms with E-state index in [9.17, 15) is 0 Å². The van der Waals surface area contributed by atoms with Crippen LogP contribution in [0.25, 0.3) is 179 Å². The van der Waals surface area contributed by atoms with Gasteiger partial charge in [0, 0.05) is 92.6 Å². The van der Waals surface area contributed by atoms with Gasteiger partial charge in [-0.15, -0.1) is 11.3 Å². The first kappa shape index (κ1) is 53.4. The third-order valence-corrected chi connectivity index (χ3v) is 20.9. The van der Waals surface area contributed by atoms with Crippen LogP contribution in [0.15, 0.2) is 336 Å². The highest BCUT2D eigenvalue weighted by molar-refractivity contribution is 7.26. The summed E-state index contributed by atoms with van der Waals surface area (Å²) in [5.74, 6) is 0. The van der Waals surface area contributed by atoms with Crippen molar-refractivity contribution in [1.82, 2.24) is 4.57 Å². The van der Waals surface area contributed by atoms with E-state index in [0.717, 1.165) is 105 Å². The van der Waals surface area contributed by atoms with E-state index < -0.39 is 0 Å². The van der Waals surface area contributed by atoms with Gasteiger partial charge in [-0.2, -0.15) is 0 Å². The number of fused-ring (bicyclic) bond motifs is 16. The highest BCUT2D eigenvalue weighted by Gasteiger charge is 2.24. The molecule has 0 aliphatic carbocycles. The summed E-state index contributed by atoms with van der Waals surface area (Å²) in [5.41, 5.74) is 21.5. The van der Waals surface area contributed by atoms with E-state index in [2.05, 4.69) is 337 Å². The molecular formula is C90H54N2O2S. The molecule has 4 nitrogen and oxygen atoms in total. The van der Waals surface area contributed by atoms with Crippen molar-refractivity contribution in [2.75, 3.05) is 4.90 Å². The van der Waals surface area contributed by atoms with Gasteiger partial charge < -0.3 is 18.3 Å². The molecule has 5 heteroatoms. The fourth-order valence-electron chi connectivity index (χ4n) is 15.2. The second-order valence-corrected chi connectivity index (χ2v) is 26.2. The maximum Gasteiger partial charge on any atom is 0.137 e. The fraction of sp³-hybridized carbons (Fsp3) is 0. The van der Waals surface area contributed by atoms with E-state index in [1.807, 2.05) is 11.3 Å². The smallest absolute Gasteiger partial charge is 0.137 e. The zero-order chi connectivity index (χ0) is 62.2. The van der Waals surface area contributed by atoms with Crippen molar-refractivity contribution in [3.8, 4) is 61.3 Å². The Labute approximate surface area is 550 Å². The Bertz CT molecular complexity index is 6550. The summed E-state index contributed by atoms with van der Waals surface area (Å²) in [4.78, 5) is 2.38. The average Bonchev–Trinajstić information content (AvgIpc) is 1.63. The summed E-state index contributed by atoms with van der Waals surface area (Å²) in [6, 6.07) is 120. The van der Waals surface area contributed by atoms with E-state index in [1.54, 1.807) is 0 Å². The van der Waals surface area contributed by atoms with Gasteiger partial charge >= 0.3 is 0 Å². The molecule has 0 N–H and O–H groups in total. The predicted molar refractivity (Wildman–Crippen MR) is 403 cm³/mol. The number of aromatic nitrogens is 1. The summed E-state index contributed by atoms with van der Waals surface area (Å²) in [6.07, 6.45) is 0. The lowest BCUT2D eigenvalue weighted by Gasteiger charge is -2.27. The molecule has 20 rings (SSSR count). The maximum absolute atomic E-state index is 7.11. The first-order chi connectivity index (χ1) is 47.0. The Hall–Kier alpha value is -12.3. The lowest BCUT2D eigenvalue weighted by atomic mass is 9.95. The van der Waals surface area contributed by atoms with Crippen LogP contribution in [0.2, 0.25) is 0 Å². The van der Waals surface area contributed by atoms with E-state index in [0.29, 0.717) is 0 Å². The molecule has 0 amide bonds. The van der Waals surface area contributed by atoms with Crippen LogP contribution < -0.4 is 4.90 Å². The Kier molecular flexibility index (Phi) is 11.9. The molecule has 20 aromatic rings. The van der Waals surface area contributed by atoms with Crippen LogP contribution in [0.1, 0.15) is 0 Å². The SMILES string of the molecule is c1ccc(-c2cccc(-c3cccc4sc5ccc(-c6ccc7oc8cc(N(c9ccc%10c(c9)oc9cc(-c%11cccc%12c%13cc(-c%14ccc%15ccccc%15c%14)ccc%13n(-c%13ccccc%13)c%11%12)ccc9%10)c9cc%10ccccc%10c%10ccccc9%10)ccc8c7c6)cc5c34)c2)cc1. The Morgan fingerprint density at radius 3 is 1.63 bits per heavy atom. The van der Waals surface area contributed by atoms with Crippen molar-refractivity contribution in [2.45, 2.75) is 0 Å². The topological polar surface area (TPSA) is 34.5 Å². The zero-order valence-electron chi connectivity index (χ0n) is 51.3. The predicted octanol–water partition coefficient (Wildman–Crippen LogP) is 26.2. The lowest BCUT2D eigenvalue weighted by molar-refractivity contribution is 0.669. The van der Waals surface area contributed by atoms with Gasteiger partial charge in [0.15, 0.2) is 0 Å². The van der Waals surface area contributed by atoms with Crippen molar-refractivity contribution in [2.24, 2.45) is 0 Å². The van der Waals surface area contributed by atoms with Gasteiger partial charge in [0.05, 0.1) is 16.7 Å². The normalized spacial score (nSPS) is 12.0. The quantitative estimate of drug-likeness (QED) is 0.135. The molecule has 0 spiro atoms. The van der Waals surface area contributed by atoms with Crippen molar-refractivity contribution in [3.63, 3.8) is 0 Å². The number of furan rings is 2. The van der Waals surface area contributed by atoms with Gasteiger partial charge in [-0.3, -0.25) is 0 Å². The number of benzene rings is 16. The van der Waals surface area contributed by atoms with Gasteiger partial charge in [0.2, 0.25) is 0 Å². The monoisotopic (exact) mass is 1230 g/mol. The first-order valence-corrected chi connectivity index (χ1v) is 33.2.